The maximum Gasteiger partial charge on any atom is 0.269 e. The first-order chi connectivity index (χ1) is 15.3. The van der Waals surface area contributed by atoms with Gasteiger partial charge < -0.3 is 9.47 Å². The number of para-hydroxylation sites is 1. The van der Waals surface area contributed by atoms with E-state index in [9.17, 15) is 20.2 Å². The number of rotatable bonds is 5. The minimum absolute atomic E-state index is 0.000785. The van der Waals surface area contributed by atoms with Crippen LogP contribution in [0.2, 0.25) is 0 Å². The summed E-state index contributed by atoms with van der Waals surface area (Å²) in [6.45, 7) is 1.54. The Hall–Kier alpha value is -4.12. The number of nitro benzene ring substituents is 1. The monoisotopic (exact) mass is 429 g/mol. The van der Waals surface area contributed by atoms with E-state index in [4.69, 9.17) is 0 Å². The van der Waals surface area contributed by atoms with Crippen LogP contribution in [-0.2, 0) is 11.8 Å². The summed E-state index contributed by atoms with van der Waals surface area (Å²) in [7, 11) is 5.65. The average molecular weight is 429 g/mol. The Morgan fingerprint density at radius 1 is 1.19 bits per heavy atom. The summed E-state index contributed by atoms with van der Waals surface area (Å²) in [6, 6.07) is 16.6. The number of hydrogen-bond acceptors (Lipinski definition) is 6. The maximum atomic E-state index is 12.2. The van der Waals surface area contributed by atoms with Crippen molar-refractivity contribution in [1.29, 1.82) is 5.26 Å². The number of anilines is 2. The predicted molar refractivity (Wildman–Crippen MR) is 123 cm³/mol. The fraction of sp³-hybridized carbons (Fsp3) is 0.250. The van der Waals surface area contributed by atoms with E-state index in [1.54, 1.807) is 12.1 Å². The van der Waals surface area contributed by atoms with Crippen LogP contribution in [0.1, 0.15) is 25.0 Å². The smallest absolute Gasteiger partial charge is 0.269 e. The highest BCUT2D eigenvalue weighted by Gasteiger charge is 2.39. The minimum Gasteiger partial charge on any atom is -0.363 e. The molecule has 2 aromatic carbocycles. The second kappa shape index (κ2) is 7.85. The molecular weight excluding hydrogens is 406 g/mol. The Morgan fingerprint density at radius 2 is 1.84 bits per heavy atom. The van der Waals surface area contributed by atoms with Gasteiger partial charge in [0.2, 0.25) is 0 Å². The van der Waals surface area contributed by atoms with Crippen molar-refractivity contribution in [3.8, 4) is 6.07 Å². The van der Waals surface area contributed by atoms with Crippen molar-refractivity contribution in [3.05, 3.63) is 75.7 Å². The van der Waals surface area contributed by atoms with Gasteiger partial charge in [0.25, 0.3) is 5.69 Å². The number of ketones is 1. The molecule has 2 heterocycles. The first kappa shape index (κ1) is 21.1. The number of nitrogens with zero attached hydrogens (tertiary/aromatic N) is 5. The van der Waals surface area contributed by atoms with Crippen LogP contribution in [0.5, 0.6) is 0 Å². The molecule has 0 amide bonds. The number of carbonyl (C=O) groups excluding carboxylic acids is 1. The van der Waals surface area contributed by atoms with Crippen molar-refractivity contribution >= 4 is 33.7 Å². The number of hydrogen-bond donors (Lipinski definition) is 0. The molecule has 1 atom stereocenters. The maximum absolute atomic E-state index is 12.2. The molecule has 4 rings (SSSR count). The van der Waals surface area contributed by atoms with Crippen LogP contribution < -0.4 is 4.90 Å². The zero-order valence-corrected chi connectivity index (χ0v) is 18.4. The number of nitro groups is 1. The minimum atomic E-state index is -0.435. The number of benzene rings is 2. The largest absolute Gasteiger partial charge is 0.363 e. The van der Waals surface area contributed by atoms with Gasteiger partial charge in [-0.2, -0.15) is 5.26 Å². The number of Topliss-reactive ketones (excluding diaryl/α,β-unsaturated/α-hetero) is 1. The van der Waals surface area contributed by atoms with Crippen LogP contribution in [0.15, 0.2) is 59.9 Å². The van der Waals surface area contributed by atoms with Gasteiger partial charge in [-0.25, -0.2) is 0 Å². The quantitative estimate of drug-likeness (QED) is 0.435. The van der Waals surface area contributed by atoms with E-state index in [0.29, 0.717) is 17.1 Å². The summed E-state index contributed by atoms with van der Waals surface area (Å²) >= 11 is 0. The van der Waals surface area contributed by atoms with Gasteiger partial charge in [0, 0.05) is 56.7 Å². The number of aromatic nitrogens is 1. The molecule has 0 saturated heterocycles. The van der Waals surface area contributed by atoms with Crippen molar-refractivity contribution in [2.24, 2.45) is 7.05 Å². The third-order valence-electron chi connectivity index (χ3n) is 5.83. The zero-order valence-electron chi connectivity index (χ0n) is 18.4. The molecule has 1 aliphatic heterocycles. The molecule has 3 aromatic rings. The lowest BCUT2D eigenvalue weighted by atomic mass is 9.86. The second-order valence-corrected chi connectivity index (χ2v) is 8.12. The Kier molecular flexibility index (Phi) is 5.18. The van der Waals surface area contributed by atoms with Gasteiger partial charge in [-0.05, 0) is 25.1 Å². The highest BCUT2D eigenvalue weighted by Crippen LogP contribution is 2.50. The number of non-ortho nitro benzene ring substituents is 1. The van der Waals surface area contributed by atoms with Gasteiger partial charge in [0.15, 0.2) is 0 Å². The van der Waals surface area contributed by atoms with Crippen LogP contribution >= 0.6 is 0 Å². The van der Waals surface area contributed by atoms with Crippen LogP contribution in [0.3, 0.4) is 0 Å². The van der Waals surface area contributed by atoms with Gasteiger partial charge in [-0.15, -0.1) is 0 Å². The molecule has 0 unspecified atom stereocenters. The molecular formula is C24H23N5O3. The molecule has 1 aliphatic rings. The van der Waals surface area contributed by atoms with Gasteiger partial charge in [0.05, 0.1) is 33.5 Å². The zero-order chi connectivity index (χ0) is 23.2. The summed E-state index contributed by atoms with van der Waals surface area (Å²) in [5, 5.41) is 22.4. The Morgan fingerprint density at radius 3 is 2.41 bits per heavy atom. The fourth-order valence-corrected chi connectivity index (χ4v) is 4.58. The summed E-state index contributed by atoms with van der Waals surface area (Å²) in [5.74, 6) is 0.258. The normalized spacial score (nSPS) is 15.5. The molecule has 0 N–H and O–H groups in total. The Bertz CT molecular complexity index is 1310. The van der Waals surface area contributed by atoms with E-state index >= 15 is 0 Å². The van der Waals surface area contributed by atoms with Crippen molar-refractivity contribution in [1.82, 2.24) is 9.47 Å². The van der Waals surface area contributed by atoms with Gasteiger partial charge in [-0.3, -0.25) is 19.8 Å². The van der Waals surface area contributed by atoms with Crippen LogP contribution in [0.25, 0.3) is 10.9 Å². The van der Waals surface area contributed by atoms with Crippen molar-refractivity contribution in [2.45, 2.75) is 19.3 Å². The van der Waals surface area contributed by atoms with E-state index < -0.39 is 10.8 Å². The number of aryl methyl sites for hydroxylation is 1. The number of nitriles is 1. The lowest BCUT2D eigenvalue weighted by Gasteiger charge is -2.39. The summed E-state index contributed by atoms with van der Waals surface area (Å²) < 4.78 is 2.04. The van der Waals surface area contributed by atoms with Crippen LogP contribution in [-0.4, -0.2) is 34.3 Å². The Labute approximate surface area is 185 Å². The van der Waals surface area contributed by atoms with E-state index in [-0.39, 0.29) is 17.9 Å². The topological polar surface area (TPSA) is 95.4 Å². The first-order valence-corrected chi connectivity index (χ1v) is 10.2. The van der Waals surface area contributed by atoms with E-state index in [2.05, 4.69) is 6.07 Å². The molecule has 32 heavy (non-hydrogen) atoms. The lowest BCUT2D eigenvalue weighted by Crippen LogP contribution is -2.35. The molecule has 8 nitrogen and oxygen atoms in total. The van der Waals surface area contributed by atoms with E-state index in [1.165, 1.54) is 19.1 Å². The van der Waals surface area contributed by atoms with Gasteiger partial charge in [-0.1, -0.05) is 18.2 Å². The molecule has 0 fully saturated rings. The number of carbonyl (C=O) groups is 1. The summed E-state index contributed by atoms with van der Waals surface area (Å²) in [5.41, 5.74) is 3.92. The predicted octanol–water partition coefficient (Wildman–Crippen LogP) is 4.60. The van der Waals surface area contributed by atoms with E-state index in [0.717, 1.165) is 22.3 Å². The lowest BCUT2D eigenvalue weighted by molar-refractivity contribution is -0.384. The SMILES string of the molecule is CC(=O)C[C@H]1C(C#N)=C(N(C)C)N(c2ccc([N+](=O)[O-])cc2)c2c1n(C)c1ccccc21. The third kappa shape index (κ3) is 3.19. The summed E-state index contributed by atoms with van der Waals surface area (Å²) in [6.07, 6.45) is 0.214. The molecule has 0 saturated carbocycles. The molecule has 0 bridgehead atoms. The standard InChI is InChI=1S/C24H23N5O3/c1-15(30)13-19-20(14-25)24(26(2)3)28(16-9-11-17(12-10-16)29(31)32)23-18-7-5-6-8-21(18)27(4)22(19)23/h5-12,19H,13H2,1-4H3/t19-/m0/s1. The fourth-order valence-electron chi connectivity index (χ4n) is 4.58. The third-order valence-corrected chi connectivity index (χ3v) is 5.83. The van der Waals surface area contributed by atoms with Gasteiger partial charge in [0.1, 0.15) is 11.6 Å². The number of fused-ring (bicyclic) bond motifs is 3. The molecule has 0 spiro atoms. The van der Waals surface area contributed by atoms with E-state index in [1.807, 2.05) is 59.8 Å². The van der Waals surface area contributed by atoms with Crippen molar-refractivity contribution in [3.63, 3.8) is 0 Å². The van der Waals surface area contributed by atoms with Gasteiger partial charge >= 0.3 is 0 Å². The first-order valence-electron chi connectivity index (χ1n) is 10.2. The van der Waals surface area contributed by atoms with Crippen LogP contribution in [0.4, 0.5) is 17.1 Å². The van der Waals surface area contributed by atoms with Crippen molar-refractivity contribution in [2.75, 3.05) is 19.0 Å². The van der Waals surface area contributed by atoms with Crippen LogP contribution in [0, 0.1) is 21.4 Å². The molecule has 0 aliphatic carbocycles. The Balaban J connectivity index is 2.10. The highest BCUT2D eigenvalue weighted by molar-refractivity contribution is 6.00. The second-order valence-electron chi connectivity index (χ2n) is 8.12. The molecule has 162 valence electrons. The van der Waals surface area contributed by atoms with Crippen molar-refractivity contribution < 1.29 is 9.72 Å². The molecule has 1 aromatic heterocycles. The highest BCUT2D eigenvalue weighted by atomic mass is 16.6. The number of allylic oxidation sites excluding steroid dienone is 1. The molecule has 8 heteroatoms. The summed E-state index contributed by atoms with van der Waals surface area (Å²) in [4.78, 5) is 26.8. The molecule has 0 radical (unpaired) electrons. The average Bonchev–Trinajstić information content (AvgIpc) is 3.06.